The van der Waals surface area contributed by atoms with Crippen molar-refractivity contribution in [3.05, 3.63) is 59.7 Å². The fourth-order valence-corrected chi connectivity index (χ4v) is 4.53. The Balaban J connectivity index is 1.53. The second-order valence-corrected chi connectivity index (χ2v) is 9.10. The van der Waals surface area contributed by atoms with Crippen molar-refractivity contribution < 1.29 is 22.7 Å². The molecule has 3 rings (SSSR count). The van der Waals surface area contributed by atoms with Gasteiger partial charge in [-0.3, -0.25) is 9.59 Å². The van der Waals surface area contributed by atoms with Crippen molar-refractivity contribution in [1.82, 2.24) is 0 Å². The number of sulfone groups is 1. The van der Waals surface area contributed by atoms with Crippen molar-refractivity contribution in [2.75, 3.05) is 17.3 Å². The van der Waals surface area contributed by atoms with Crippen LogP contribution in [0.1, 0.15) is 24.5 Å². The molecule has 7 heteroatoms. The number of fused-ring (bicyclic) bond motifs is 1. The zero-order valence-electron chi connectivity index (χ0n) is 15.9. The van der Waals surface area contributed by atoms with E-state index in [2.05, 4.69) is 0 Å². The minimum atomic E-state index is -3.57. The van der Waals surface area contributed by atoms with Gasteiger partial charge in [0, 0.05) is 11.7 Å². The fraction of sp³-hybridized carbons (Fsp3) is 0.333. The van der Waals surface area contributed by atoms with Crippen molar-refractivity contribution in [3.8, 4) is 0 Å². The lowest BCUT2D eigenvalue weighted by molar-refractivity contribution is -0.147. The third-order valence-corrected chi connectivity index (χ3v) is 6.52. The van der Waals surface area contributed by atoms with Gasteiger partial charge in [0.1, 0.15) is 0 Å². The smallest absolute Gasteiger partial charge is 0.307 e. The third-order valence-electron chi connectivity index (χ3n) is 4.79. The molecule has 0 aliphatic carbocycles. The number of amides is 1. The predicted octanol–water partition coefficient (Wildman–Crippen LogP) is 2.68. The van der Waals surface area contributed by atoms with Gasteiger partial charge in [-0.25, -0.2) is 8.42 Å². The van der Waals surface area contributed by atoms with Gasteiger partial charge in [0.25, 0.3) is 5.91 Å². The molecule has 28 heavy (non-hydrogen) atoms. The number of anilines is 1. The number of aryl methyl sites for hydroxylation is 1. The molecule has 0 aromatic heterocycles. The van der Waals surface area contributed by atoms with Gasteiger partial charge in [0.2, 0.25) is 0 Å². The molecule has 0 unspecified atom stereocenters. The number of benzene rings is 2. The summed E-state index contributed by atoms with van der Waals surface area (Å²) < 4.78 is 29.6. The average Bonchev–Trinajstić information content (AvgIpc) is 3.00. The molecule has 6 nitrogen and oxygen atoms in total. The summed E-state index contributed by atoms with van der Waals surface area (Å²) in [6.45, 7) is 3.40. The summed E-state index contributed by atoms with van der Waals surface area (Å²) in [5, 5.41) is 0. The molecule has 0 saturated heterocycles. The molecule has 0 saturated carbocycles. The number of ether oxygens (including phenoxy) is 1. The van der Waals surface area contributed by atoms with Crippen LogP contribution >= 0.6 is 0 Å². The summed E-state index contributed by atoms with van der Waals surface area (Å²) in [6, 6.07) is 14.1. The van der Waals surface area contributed by atoms with Gasteiger partial charge in [0.15, 0.2) is 16.4 Å². The number of esters is 1. The second-order valence-electron chi connectivity index (χ2n) is 6.99. The molecule has 1 aliphatic rings. The second kappa shape index (κ2) is 8.14. The lowest BCUT2D eigenvalue weighted by Crippen LogP contribution is -2.38. The number of carbonyl (C=O) groups excluding carboxylic acids is 2. The molecule has 0 N–H and O–H groups in total. The molecule has 2 aromatic rings. The summed E-state index contributed by atoms with van der Waals surface area (Å²) in [6.07, 6.45) is 0.459. The quantitative estimate of drug-likeness (QED) is 0.695. The van der Waals surface area contributed by atoms with Gasteiger partial charge in [-0.15, -0.1) is 0 Å². The Morgan fingerprint density at radius 2 is 1.79 bits per heavy atom. The van der Waals surface area contributed by atoms with Crippen molar-refractivity contribution in [1.29, 1.82) is 0 Å². The maximum atomic E-state index is 12.5. The van der Waals surface area contributed by atoms with Crippen molar-refractivity contribution in [2.24, 2.45) is 0 Å². The summed E-state index contributed by atoms with van der Waals surface area (Å²) in [7, 11) is -3.57. The molecule has 1 amide bonds. The van der Waals surface area contributed by atoms with Crippen LogP contribution in [-0.2, 0) is 30.6 Å². The molecule has 2 aromatic carbocycles. The minimum Gasteiger partial charge on any atom is -0.456 e. The van der Waals surface area contributed by atoms with Crippen LogP contribution in [0, 0.1) is 6.92 Å². The molecule has 1 atom stereocenters. The highest BCUT2D eigenvalue weighted by molar-refractivity contribution is 7.91. The van der Waals surface area contributed by atoms with E-state index >= 15 is 0 Å². The van der Waals surface area contributed by atoms with Crippen LogP contribution in [0.15, 0.2) is 53.4 Å². The van der Waals surface area contributed by atoms with E-state index < -0.39 is 22.4 Å². The van der Waals surface area contributed by atoms with Gasteiger partial charge in [0.05, 0.1) is 17.1 Å². The molecule has 1 heterocycles. The Morgan fingerprint density at radius 3 is 2.50 bits per heavy atom. The number of rotatable bonds is 6. The number of nitrogens with zero attached hydrogens (tertiary/aromatic N) is 1. The van der Waals surface area contributed by atoms with Crippen molar-refractivity contribution in [3.63, 3.8) is 0 Å². The first-order chi connectivity index (χ1) is 13.3. The Hall–Kier alpha value is -2.67. The van der Waals surface area contributed by atoms with Crippen LogP contribution in [-0.4, -0.2) is 38.7 Å². The van der Waals surface area contributed by atoms with E-state index in [4.69, 9.17) is 4.74 Å². The minimum absolute atomic E-state index is 0.00878. The van der Waals surface area contributed by atoms with E-state index in [1.54, 1.807) is 17.0 Å². The molecule has 1 aliphatic heterocycles. The van der Waals surface area contributed by atoms with Crippen LogP contribution in [0.4, 0.5) is 5.69 Å². The van der Waals surface area contributed by atoms with E-state index in [1.807, 2.05) is 38.1 Å². The van der Waals surface area contributed by atoms with Crippen LogP contribution in [0.5, 0.6) is 0 Å². The Kier molecular flexibility index (Phi) is 5.84. The lowest BCUT2D eigenvalue weighted by Gasteiger charge is -2.22. The predicted molar refractivity (Wildman–Crippen MR) is 106 cm³/mol. The van der Waals surface area contributed by atoms with Gasteiger partial charge in [-0.2, -0.15) is 0 Å². The molecule has 148 valence electrons. The largest absolute Gasteiger partial charge is 0.456 e. The monoisotopic (exact) mass is 401 g/mol. The first-order valence-electron chi connectivity index (χ1n) is 9.13. The highest BCUT2D eigenvalue weighted by atomic mass is 32.2. The highest BCUT2D eigenvalue weighted by Gasteiger charge is 2.31. The number of carbonyl (C=O) groups is 2. The van der Waals surface area contributed by atoms with Crippen molar-refractivity contribution in [2.45, 2.75) is 37.6 Å². The molecular weight excluding hydrogens is 378 g/mol. The maximum absolute atomic E-state index is 12.5. The maximum Gasteiger partial charge on any atom is 0.307 e. The van der Waals surface area contributed by atoms with Crippen LogP contribution in [0.25, 0.3) is 0 Å². The average molecular weight is 401 g/mol. The van der Waals surface area contributed by atoms with Gasteiger partial charge in [-0.1, -0.05) is 35.9 Å². The van der Waals surface area contributed by atoms with Gasteiger partial charge in [-0.05, 0) is 44.0 Å². The summed E-state index contributed by atoms with van der Waals surface area (Å²) in [4.78, 5) is 26.3. The first-order valence-corrected chi connectivity index (χ1v) is 10.8. The SMILES string of the molecule is Cc1ccc(S(=O)(=O)CCC(=O)OCC(=O)N2c3ccccc3C[C@H]2C)cc1. The number of para-hydroxylation sites is 1. The normalized spacial score (nSPS) is 15.9. The summed E-state index contributed by atoms with van der Waals surface area (Å²) in [5.41, 5.74) is 2.87. The first kappa shape index (κ1) is 20.1. The summed E-state index contributed by atoms with van der Waals surface area (Å²) >= 11 is 0. The van der Waals surface area contributed by atoms with Crippen molar-refractivity contribution >= 4 is 27.4 Å². The molecular formula is C21H23NO5S. The van der Waals surface area contributed by atoms with E-state index in [0.717, 1.165) is 23.2 Å². The molecule has 0 spiro atoms. The van der Waals surface area contributed by atoms with Crippen LogP contribution in [0.2, 0.25) is 0 Å². The molecule has 0 radical (unpaired) electrons. The third kappa shape index (κ3) is 4.42. The fourth-order valence-electron chi connectivity index (χ4n) is 3.31. The van der Waals surface area contributed by atoms with E-state index in [0.29, 0.717) is 0 Å². The number of hydrogen-bond donors (Lipinski definition) is 0. The van der Waals surface area contributed by atoms with Gasteiger partial charge < -0.3 is 9.64 Å². The Morgan fingerprint density at radius 1 is 1.11 bits per heavy atom. The highest BCUT2D eigenvalue weighted by Crippen LogP contribution is 2.31. The van der Waals surface area contributed by atoms with E-state index in [1.165, 1.54) is 12.1 Å². The topological polar surface area (TPSA) is 80.7 Å². The standard InChI is InChI=1S/C21H23NO5S/c1-15-7-9-18(10-8-15)28(25,26)12-11-21(24)27-14-20(23)22-16(2)13-17-5-3-4-6-19(17)22/h3-10,16H,11-14H2,1-2H3/t16-/m1/s1. The Bertz CT molecular complexity index is 982. The van der Waals surface area contributed by atoms with Gasteiger partial charge >= 0.3 is 5.97 Å². The van der Waals surface area contributed by atoms with Crippen LogP contribution in [0.3, 0.4) is 0 Å². The van der Waals surface area contributed by atoms with E-state index in [9.17, 15) is 18.0 Å². The lowest BCUT2D eigenvalue weighted by atomic mass is 10.1. The van der Waals surface area contributed by atoms with Crippen LogP contribution < -0.4 is 4.90 Å². The summed E-state index contributed by atoms with van der Waals surface area (Å²) in [5.74, 6) is -1.37. The Labute approximate surface area is 165 Å². The zero-order chi connectivity index (χ0) is 20.3. The molecule has 0 fully saturated rings. The zero-order valence-corrected chi connectivity index (χ0v) is 16.7. The number of hydrogen-bond acceptors (Lipinski definition) is 5. The molecule has 0 bridgehead atoms. The van der Waals surface area contributed by atoms with E-state index in [-0.39, 0.29) is 29.0 Å².